The second-order valence-electron chi connectivity index (χ2n) is 7.75. The van der Waals surface area contributed by atoms with Crippen LogP contribution in [0.25, 0.3) is 0 Å². The summed E-state index contributed by atoms with van der Waals surface area (Å²) >= 11 is 0. The van der Waals surface area contributed by atoms with Gasteiger partial charge in [0, 0.05) is 17.5 Å². The average Bonchev–Trinajstić information content (AvgIpc) is 2.79. The molecule has 3 aromatic rings. The summed E-state index contributed by atoms with van der Waals surface area (Å²) in [6.45, 7) is 3.56. The molecule has 180 valence electrons. The van der Waals surface area contributed by atoms with Crippen LogP contribution in [-0.4, -0.2) is 6.61 Å². The minimum Gasteiger partial charge on any atom is -0.491 e. The van der Waals surface area contributed by atoms with Crippen molar-refractivity contribution in [3.05, 3.63) is 81.9 Å². The zero-order valence-corrected chi connectivity index (χ0v) is 18.3. The van der Waals surface area contributed by atoms with Crippen LogP contribution in [0.5, 0.6) is 23.0 Å². The Morgan fingerprint density at radius 3 is 2.26 bits per heavy atom. The van der Waals surface area contributed by atoms with E-state index in [0.29, 0.717) is 18.4 Å². The molecule has 0 radical (unpaired) electrons. The van der Waals surface area contributed by atoms with E-state index in [1.54, 1.807) is 6.92 Å². The molecule has 0 spiro atoms. The molecule has 1 aliphatic heterocycles. The summed E-state index contributed by atoms with van der Waals surface area (Å²) < 4.78 is 102. The number of fused-ring (bicyclic) bond motifs is 2. The van der Waals surface area contributed by atoms with Crippen molar-refractivity contribution in [1.82, 2.24) is 0 Å². The van der Waals surface area contributed by atoms with Crippen molar-refractivity contribution >= 4 is 0 Å². The van der Waals surface area contributed by atoms with Crippen LogP contribution in [0.15, 0.2) is 36.4 Å². The molecular formula is C25H20F6O3. The number of benzene rings is 3. The smallest absolute Gasteiger partial charge is 0.429 e. The molecule has 0 N–H and O–H groups in total. The fourth-order valence-corrected chi connectivity index (χ4v) is 3.78. The minimum absolute atomic E-state index is 0.0664. The highest BCUT2D eigenvalue weighted by molar-refractivity contribution is 5.55. The minimum atomic E-state index is -4.21. The quantitative estimate of drug-likeness (QED) is 0.257. The van der Waals surface area contributed by atoms with Crippen LogP contribution in [0, 0.1) is 23.3 Å². The maximum absolute atomic E-state index is 15.1. The van der Waals surface area contributed by atoms with Gasteiger partial charge in [-0.2, -0.15) is 22.0 Å². The molecule has 3 nitrogen and oxygen atoms in total. The molecular weight excluding hydrogens is 462 g/mol. The molecule has 1 heterocycles. The second-order valence-corrected chi connectivity index (χ2v) is 7.75. The summed E-state index contributed by atoms with van der Waals surface area (Å²) in [5, 5.41) is 0. The molecule has 0 unspecified atom stereocenters. The van der Waals surface area contributed by atoms with E-state index in [1.165, 1.54) is 18.2 Å². The third-order valence-corrected chi connectivity index (χ3v) is 5.36. The maximum atomic E-state index is 15.1. The third-order valence-electron chi connectivity index (χ3n) is 5.36. The van der Waals surface area contributed by atoms with Gasteiger partial charge in [-0.15, -0.1) is 0 Å². The van der Waals surface area contributed by atoms with Crippen molar-refractivity contribution < 1.29 is 40.6 Å². The second kappa shape index (κ2) is 9.12. The summed E-state index contributed by atoms with van der Waals surface area (Å²) in [6.07, 6.45) is -3.07. The lowest BCUT2D eigenvalue weighted by Crippen LogP contribution is -2.24. The summed E-state index contributed by atoms with van der Waals surface area (Å²) in [5.41, 5.74) is -0.132. The van der Waals surface area contributed by atoms with Crippen molar-refractivity contribution in [3.8, 4) is 23.0 Å². The topological polar surface area (TPSA) is 27.7 Å². The molecule has 0 saturated heterocycles. The van der Waals surface area contributed by atoms with Crippen molar-refractivity contribution in [2.45, 2.75) is 39.2 Å². The van der Waals surface area contributed by atoms with Crippen LogP contribution in [0.4, 0.5) is 26.3 Å². The van der Waals surface area contributed by atoms with Gasteiger partial charge in [0.05, 0.1) is 12.2 Å². The Morgan fingerprint density at radius 1 is 0.853 bits per heavy atom. The predicted molar refractivity (Wildman–Crippen MR) is 112 cm³/mol. The number of halogens is 6. The van der Waals surface area contributed by atoms with Gasteiger partial charge in [0.25, 0.3) is 0 Å². The van der Waals surface area contributed by atoms with E-state index in [-0.39, 0.29) is 29.9 Å². The number of ether oxygens (including phenoxy) is 3. The molecule has 3 aromatic carbocycles. The lowest BCUT2D eigenvalue weighted by molar-refractivity contribution is -0.189. The van der Waals surface area contributed by atoms with Crippen LogP contribution < -0.4 is 14.2 Å². The van der Waals surface area contributed by atoms with Crippen LogP contribution >= 0.6 is 0 Å². The molecule has 0 saturated carbocycles. The Balaban J connectivity index is 1.65. The number of aryl methyl sites for hydroxylation is 1. The van der Waals surface area contributed by atoms with E-state index < -0.39 is 52.2 Å². The first-order chi connectivity index (χ1) is 16.2. The number of alkyl halides is 2. The Labute approximate surface area is 191 Å². The summed E-state index contributed by atoms with van der Waals surface area (Å²) in [5.74, 6) is -7.66. The first-order valence-electron chi connectivity index (χ1n) is 10.6. The fraction of sp³-hybridized carbons (Fsp3) is 0.280. The predicted octanol–water partition coefficient (Wildman–Crippen LogP) is 7.42. The highest BCUT2D eigenvalue weighted by Gasteiger charge is 2.39. The molecule has 0 atom stereocenters. The molecule has 0 fully saturated rings. The van der Waals surface area contributed by atoms with Crippen LogP contribution in [0.1, 0.15) is 42.5 Å². The van der Waals surface area contributed by atoms with Gasteiger partial charge < -0.3 is 14.2 Å². The van der Waals surface area contributed by atoms with Crippen LogP contribution in [0.3, 0.4) is 0 Å². The molecule has 0 bridgehead atoms. The largest absolute Gasteiger partial charge is 0.491 e. The highest BCUT2D eigenvalue weighted by Crippen LogP contribution is 2.46. The molecule has 0 aliphatic carbocycles. The summed E-state index contributed by atoms with van der Waals surface area (Å²) in [4.78, 5) is 0. The lowest BCUT2D eigenvalue weighted by Gasteiger charge is -2.24. The molecule has 0 amide bonds. The van der Waals surface area contributed by atoms with Gasteiger partial charge in [0.1, 0.15) is 5.82 Å². The Kier molecular flexibility index (Phi) is 6.38. The van der Waals surface area contributed by atoms with Crippen molar-refractivity contribution in [3.63, 3.8) is 0 Å². The zero-order chi connectivity index (χ0) is 24.6. The van der Waals surface area contributed by atoms with E-state index in [1.807, 2.05) is 6.92 Å². The third kappa shape index (κ3) is 4.26. The van der Waals surface area contributed by atoms with E-state index in [4.69, 9.17) is 9.47 Å². The summed E-state index contributed by atoms with van der Waals surface area (Å²) in [6, 6.07) is 6.65. The van der Waals surface area contributed by atoms with Crippen LogP contribution in [-0.2, 0) is 19.0 Å². The first kappa shape index (κ1) is 23.8. The van der Waals surface area contributed by atoms with Gasteiger partial charge in [-0.3, -0.25) is 0 Å². The molecule has 34 heavy (non-hydrogen) atoms. The van der Waals surface area contributed by atoms with Crippen molar-refractivity contribution in [2.24, 2.45) is 0 Å². The molecule has 0 aromatic heterocycles. The van der Waals surface area contributed by atoms with E-state index in [9.17, 15) is 22.0 Å². The lowest BCUT2D eigenvalue weighted by atomic mass is 9.99. The van der Waals surface area contributed by atoms with E-state index in [0.717, 1.165) is 18.2 Å². The average molecular weight is 482 g/mol. The molecule has 9 heteroatoms. The van der Waals surface area contributed by atoms with Gasteiger partial charge in [-0.25, -0.2) is 4.39 Å². The number of hydrogen-bond acceptors (Lipinski definition) is 3. The van der Waals surface area contributed by atoms with Gasteiger partial charge in [0.2, 0.25) is 17.5 Å². The normalized spacial score (nSPS) is 12.6. The van der Waals surface area contributed by atoms with E-state index in [2.05, 4.69) is 4.74 Å². The standard InChI is InChI=1S/C25H20F6O3/c1-3-5-13-6-8-16(17(26)10-13)25(30,31)34-18-9-7-14-11-15-12-19(32-4-2)20(27)22(29)24(15)33-23(14)21(18)28/h6-10,12H,3-5,11H2,1-2H3. The fourth-order valence-electron chi connectivity index (χ4n) is 3.78. The van der Waals surface area contributed by atoms with Gasteiger partial charge in [0.15, 0.2) is 23.0 Å². The Bertz CT molecular complexity index is 1240. The number of hydrogen-bond donors (Lipinski definition) is 0. The van der Waals surface area contributed by atoms with Gasteiger partial charge in [-0.05, 0) is 43.2 Å². The maximum Gasteiger partial charge on any atom is 0.429 e. The first-order valence-corrected chi connectivity index (χ1v) is 10.6. The Morgan fingerprint density at radius 2 is 1.59 bits per heavy atom. The SMILES string of the molecule is CCCc1ccc(C(F)(F)Oc2ccc3c(c2F)Oc2c(cc(OCC)c(F)c2F)C3)c(F)c1. The van der Waals surface area contributed by atoms with Crippen molar-refractivity contribution in [2.75, 3.05) is 6.61 Å². The monoisotopic (exact) mass is 482 g/mol. The molecule has 4 rings (SSSR count). The zero-order valence-electron chi connectivity index (χ0n) is 18.3. The van der Waals surface area contributed by atoms with Gasteiger partial charge in [-0.1, -0.05) is 25.5 Å². The van der Waals surface area contributed by atoms with Crippen LogP contribution in [0.2, 0.25) is 0 Å². The van der Waals surface area contributed by atoms with E-state index >= 15 is 4.39 Å². The van der Waals surface area contributed by atoms with Crippen molar-refractivity contribution in [1.29, 1.82) is 0 Å². The highest BCUT2D eigenvalue weighted by atomic mass is 19.3. The summed E-state index contributed by atoms with van der Waals surface area (Å²) in [7, 11) is 0. The Hall–Kier alpha value is -3.36. The molecule has 1 aliphatic rings. The number of rotatable bonds is 7. The van der Waals surface area contributed by atoms with Gasteiger partial charge >= 0.3 is 6.11 Å².